The van der Waals surface area contributed by atoms with Crippen LogP contribution in [-0.2, 0) is 0 Å². The van der Waals surface area contributed by atoms with Gasteiger partial charge in [-0.3, -0.25) is 4.90 Å². The van der Waals surface area contributed by atoms with Gasteiger partial charge in [0.1, 0.15) is 5.75 Å². The molecule has 1 aliphatic heterocycles. The van der Waals surface area contributed by atoms with Crippen LogP contribution in [0.4, 0.5) is 0 Å². The molecule has 0 saturated carbocycles. The van der Waals surface area contributed by atoms with Crippen LogP contribution in [0.3, 0.4) is 0 Å². The molecule has 1 atom stereocenters. The van der Waals surface area contributed by atoms with Gasteiger partial charge in [0.25, 0.3) is 0 Å². The molecule has 2 N–H and O–H groups in total. The third-order valence-electron chi connectivity index (χ3n) is 3.84. The molecule has 1 fully saturated rings. The zero-order valence-electron chi connectivity index (χ0n) is 12.1. The van der Waals surface area contributed by atoms with Gasteiger partial charge >= 0.3 is 0 Å². The van der Waals surface area contributed by atoms with E-state index in [0.717, 1.165) is 43.1 Å². The van der Waals surface area contributed by atoms with Crippen LogP contribution in [0.1, 0.15) is 22.7 Å². The average Bonchev–Trinajstić information content (AvgIpc) is 2.40. The van der Waals surface area contributed by atoms with Crippen molar-refractivity contribution in [3.8, 4) is 5.75 Å². The number of hydrogen-bond acceptors (Lipinski definition) is 4. The third kappa shape index (κ3) is 3.08. The van der Waals surface area contributed by atoms with Crippen LogP contribution >= 0.6 is 0 Å². The number of nitrogens with zero attached hydrogens (tertiary/aromatic N) is 1. The minimum absolute atomic E-state index is 0.0883. The Morgan fingerprint density at radius 3 is 2.32 bits per heavy atom. The second-order valence-corrected chi connectivity index (χ2v) is 5.17. The van der Waals surface area contributed by atoms with E-state index in [1.807, 2.05) is 0 Å². The Kier molecular flexibility index (Phi) is 4.80. The Morgan fingerprint density at radius 1 is 1.26 bits per heavy atom. The number of piperazine rings is 1. The number of aliphatic hydroxyl groups is 1. The van der Waals surface area contributed by atoms with E-state index >= 15 is 0 Å². The maximum atomic E-state index is 9.75. The molecule has 0 amide bonds. The standard InChI is InChI=1S/C15H24N2O2/c1-11-8-13(9-12(2)15(11)19-3)14(10-18)17-6-4-16-5-7-17/h8-9,14,16,18H,4-7,10H2,1-3H3/t14-/m1/s1. The Hall–Kier alpha value is -1.10. The lowest BCUT2D eigenvalue weighted by atomic mass is 9.99. The molecule has 106 valence electrons. The quantitative estimate of drug-likeness (QED) is 0.859. The molecule has 0 spiro atoms. The molecule has 0 unspecified atom stereocenters. The maximum Gasteiger partial charge on any atom is 0.124 e. The Balaban J connectivity index is 2.27. The second kappa shape index (κ2) is 6.37. The first-order valence-corrected chi connectivity index (χ1v) is 6.88. The smallest absolute Gasteiger partial charge is 0.124 e. The molecule has 4 nitrogen and oxygen atoms in total. The molecule has 19 heavy (non-hydrogen) atoms. The van der Waals surface area contributed by atoms with Gasteiger partial charge in [-0.2, -0.15) is 0 Å². The molecule has 0 bridgehead atoms. The highest BCUT2D eigenvalue weighted by molar-refractivity contribution is 5.44. The summed E-state index contributed by atoms with van der Waals surface area (Å²) < 4.78 is 5.40. The van der Waals surface area contributed by atoms with Gasteiger partial charge in [0.05, 0.1) is 19.8 Å². The lowest BCUT2D eigenvalue weighted by Crippen LogP contribution is -2.46. The minimum Gasteiger partial charge on any atom is -0.496 e. The van der Waals surface area contributed by atoms with Crippen molar-refractivity contribution in [2.24, 2.45) is 0 Å². The largest absolute Gasteiger partial charge is 0.496 e. The fourth-order valence-electron chi connectivity index (χ4n) is 2.92. The summed E-state index contributed by atoms with van der Waals surface area (Å²) >= 11 is 0. The van der Waals surface area contributed by atoms with Gasteiger partial charge < -0.3 is 15.2 Å². The zero-order valence-corrected chi connectivity index (χ0v) is 12.1. The van der Waals surface area contributed by atoms with E-state index in [9.17, 15) is 5.11 Å². The van der Waals surface area contributed by atoms with E-state index in [4.69, 9.17) is 4.74 Å². The summed E-state index contributed by atoms with van der Waals surface area (Å²) in [4.78, 5) is 2.34. The molecular weight excluding hydrogens is 240 g/mol. The van der Waals surface area contributed by atoms with Crippen molar-refractivity contribution in [1.29, 1.82) is 0 Å². The molecule has 1 aromatic rings. The number of benzene rings is 1. The Bertz CT molecular complexity index is 405. The number of ether oxygens (including phenoxy) is 1. The molecule has 4 heteroatoms. The van der Waals surface area contributed by atoms with E-state index in [2.05, 4.69) is 36.2 Å². The highest BCUT2D eigenvalue weighted by atomic mass is 16.5. The average molecular weight is 264 g/mol. The maximum absolute atomic E-state index is 9.75. The summed E-state index contributed by atoms with van der Waals surface area (Å²) in [6, 6.07) is 4.36. The molecule has 1 aliphatic rings. The predicted octanol–water partition coefficient (Wildman–Crippen LogP) is 1.25. The van der Waals surface area contributed by atoms with Gasteiger partial charge in [-0.1, -0.05) is 12.1 Å². The van der Waals surface area contributed by atoms with Crippen LogP contribution in [0.2, 0.25) is 0 Å². The Labute approximate surface area is 115 Å². The first-order valence-electron chi connectivity index (χ1n) is 6.88. The van der Waals surface area contributed by atoms with Gasteiger partial charge in [0.2, 0.25) is 0 Å². The van der Waals surface area contributed by atoms with E-state index in [-0.39, 0.29) is 12.6 Å². The first-order chi connectivity index (χ1) is 9.17. The van der Waals surface area contributed by atoms with E-state index in [0.29, 0.717) is 0 Å². The van der Waals surface area contributed by atoms with Gasteiger partial charge in [-0.05, 0) is 30.5 Å². The number of aryl methyl sites for hydroxylation is 2. The first kappa shape index (κ1) is 14.3. The normalized spacial score (nSPS) is 18.3. The van der Waals surface area contributed by atoms with Gasteiger partial charge in [0.15, 0.2) is 0 Å². The molecule has 0 radical (unpaired) electrons. The Morgan fingerprint density at radius 2 is 1.84 bits per heavy atom. The van der Waals surface area contributed by atoms with Crippen molar-refractivity contribution >= 4 is 0 Å². The van der Waals surface area contributed by atoms with Gasteiger partial charge in [-0.15, -0.1) is 0 Å². The van der Waals surface area contributed by atoms with E-state index in [1.54, 1.807) is 7.11 Å². The summed E-state index contributed by atoms with van der Waals surface area (Å²) in [6.45, 7) is 8.22. The third-order valence-corrected chi connectivity index (χ3v) is 3.84. The lowest BCUT2D eigenvalue weighted by Gasteiger charge is -2.34. The van der Waals surface area contributed by atoms with E-state index in [1.165, 1.54) is 5.56 Å². The highest BCUT2D eigenvalue weighted by Gasteiger charge is 2.22. The van der Waals surface area contributed by atoms with E-state index < -0.39 is 0 Å². The summed E-state index contributed by atoms with van der Waals surface area (Å²) in [5, 5.41) is 13.1. The molecular formula is C15H24N2O2. The topological polar surface area (TPSA) is 44.7 Å². The lowest BCUT2D eigenvalue weighted by molar-refractivity contribution is 0.110. The molecule has 0 aromatic heterocycles. The number of aliphatic hydroxyl groups excluding tert-OH is 1. The number of nitrogens with one attached hydrogen (secondary N) is 1. The number of rotatable bonds is 4. The van der Waals surface area contributed by atoms with Crippen molar-refractivity contribution in [3.63, 3.8) is 0 Å². The summed E-state index contributed by atoms with van der Waals surface area (Å²) in [7, 11) is 1.70. The fourth-order valence-corrected chi connectivity index (χ4v) is 2.92. The van der Waals surface area contributed by atoms with Crippen LogP contribution in [0.25, 0.3) is 0 Å². The molecule has 2 rings (SSSR count). The molecule has 1 aromatic carbocycles. The molecule has 1 heterocycles. The van der Waals surface area contributed by atoms with Crippen LogP contribution < -0.4 is 10.1 Å². The summed E-state index contributed by atoms with van der Waals surface area (Å²) in [5.41, 5.74) is 3.44. The predicted molar refractivity (Wildman–Crippen MR) is 76.7 cm³/mol. The van der Waals surface area contributed by atoms with Crippen LogP contribution in [0, 0.1) is 13.8 Å². The molecule has 0 aliphatic carbocycles. The monoisotopic (exact) mass is 264 g/mol. The number of hydrogen-bond donors (Lipinski definition) is 2. The van der Waals surface area contributed by atoms with Gasteiger partial charge in [-0.25, -0.2) is 0 Å². The van der Waals surface area contributed by atoms with Gasteiger partial charge in [0, 0.05) is 26.2 Å². The van der Waals surface area contributed by atoms with Crippen molar-refractivity contribution < 1.29 is 9.84 Å². The summed E-state index contributed by atoms with van der Waals surface area (Å²) in [5.74, 6) is 0.945. The van der Waals surface area contributed by atoms with Crippen molar-refractivity contribution in [2.75, 3.05) is 39.9 Å². The zero-order chi connectivity index (χ0) is 13.8. The number of methoxy groups -OCH3 is 1. The summed E-state index contributed by atoms with van der Waals surface area (Å²) in [6.07, 6.45) is 0. The van der Waals surface area contributed by atoms with Crippen LogP contribution in [0.15, 0.2) is 12.1 Å². The minimum atomic E-state index is 0.0883. The van der Waals surface area contributed by atoms with Crippen molar-refractivity contribution in [3.05, 3.63) is 28.8 Å². The van der Waals surface area contributed by atoms with Crippen LogP contribution in [0.5, 0.6) is 5.75 Å². The van der Waals surface area contributed by atoms with Crippen molar-refractivity contribution in [1.82, 2.24) is 10.2 Å². The van der Waals surface area contributed by atoms with Crippen molar-refractivity contribution in [2.45, 2.75) is 19.9 Å². The highest BCUT2D eigenvalue weighted by Crippen LogP contribution is 2.29. The fraction of sp³-hybridized carbons (Fsp3) is 0.600. The SMILES string of the molecule is COc1c(C)cc([C@@H](CO)N2CCNCC2)cc1C. The second-order valence-electron chi connectivity index (χ2n) is 5.17. The van der Waals surface area contributed by atoms with Crippen LogP contribution in [-0.4, -0.2) is 49.9 Å². The molecule has 1 saturated heterocycles.